The Morgan fingerprint density at radius 2 is 1.22 bits per heavy atom. The highest BCUT2D eigenvalue weighted by Crippen LogP contribution is 2.19. The van der Waals surface area contributed by atoms with E-state index >= 15 is 0 Å². The molecule has 0 saturated heterocycles. The zero-order chi connectivity index (χ0) is 72.8. The first kappa shape index (κ1) is 97.8. The molecule has 0 radical (unpaired) electrons. The molecular weight excluding hydrogens is 1200 g/mol. The second kappa shape index (κ2) is 73.1. The number of nitrogens with one attached hydrogen (secondary N) is 10. The molecule has 19 N–H and O–H groups in total. The summed E-state index contributed by atoms with van der Waals surface area (Å²) in [4.78, 5) is 103. The van der Waals surface area contributed by atoms with Crippen LogP contribution in [0.5, 0.6) is 5.75 Å². The molecule has 6 amide bonds. The highest BCUT2D eigenvalue weighted by molar-refractivity contribution is 5.91. The van der Waals surface area contributed by atoms with Crippen LogP contribution in [0.1, 0.15) is 175 Å². The Hall–Kier alpha value is -7.28. The number of fused-ring (bicyclic) bond motifs is 1. The van der Waals surface area contributed by atoms with Crippen molar-refractivity contribution in [2.75, 3.05) is 67.0 Å². The van der Waals surface area contributed by atoms with Gasteiger partial charge in [-0.3, -0.25) is 28.8 Å². The van der Waals surface area contributed by atoms with Crippen molar-refractivity contribution in [3.63, 3.8) is 0 Å². The predicted octanol–water partition coefficient (Wildman–Crippen LogP) is 4.16. The number of aldehydes is 3. The van der Waals surface area contributed by atoms with E-state index in [-0.39, 0.29) is 62.1 Å². The van der Waals surface area contributed by atoms with Crippen molar-refractivity contribution in [3.8, 4) is 11.8 Å². The van der Waals surface area contributed by atoms with Gasteiger partial charge in [0.1, 0.15) is 48.9 Å². The van der Waals surface area contributed by atoms with Crippen molar-refractivity contribution >= 4 is 60.9 Å². The van der Waals surface area contributed by atoms with Crippen LogP contribution in [-0.4, -0.2) is 169 Å². The number of phenols is 1. The van der Waals surface area contributed by atoms with Gasteiger partial charge in [0, 0.05) is 18.5 Å². The minimum absolute atomic E-state index is 0.0135. The molecule has 0 aromatic heterocycles. The van der Waals surface area contributed by atoms with Crippen molar-refractivity contribution in [1.29, 1.82) is 5.26 Å². The molecule has 0 spiro atoms. The van der Waals surface area contributed by atoms with Crippen LogP contribution < -0.4 is 76.1 Å². The minimum Gasteiger partial charge on any atom is -0.508 e. The lowest BCUT2D eigenvalue weighted by Crippen LogP contribution is -2.51. The Balaban J connectivity index is -0.000000283. The predicted molar refractivity (Wildman–Crippen MR) is 383 cm³/mol. The number of rotatable bonds is 38. The Bertz CT molecular complexity index is 2300. The number of hydrogen-bond donors (Lipinski definition) is 15. The molecule has 2 aromatic carbocycles. The Labute approximate surface area is 564 Å². The number of nitriles is 1. The number of allylic oxidation sites excluding steroid dienone is 3. The molecule has 94 heavy (non-hydrogen) atoms. The lowest BCUT2D eigenvalue weighted by molar-refractivity contribution is -0.131. The lowest BCUT2D eigenvalue weighted by Gasteiger charge is -2.22. The zero-order valence-electron chi connectivity index (χ0n) is 59.6. The molecule has 5 unspecified atom stereocenters. The molecule has 1 aliphatic rings. The van der Waals surface area contributed by atoms with Crippen molar-refractivity contribution in [1.82, 2.24) is 53.2 Å². The van der Waals surface area contributed by atoms with E-state index < -0.39 is 42.0 Å². The summed E-state index contributed by atoms with van der Waals surface area (Å²) >= 11 is 0. The SMILES string of the molecule is CC.CC.CC(C)NCCCCC(NC=O)C(=O)NCC=O.CCCC.CCCCNCC.CN.CNC(C=O)Cc1ccc2c(c1)CC=CC=C2.CNCC(=O)NC(CCC(=O)NC(CCCCN)C(=O)NC(C)Cc1ccc(O)cc1)C(=O)NCC=O.N#CC(N)N. The van der Waals surface area contributed by atoms with Gasteiger partial charge < -0.3 is 95.6 Å². The van der Waals surface area contributed by atoms with Gasteiger partial charge in [-0.05, 0) is 159 Å². The van der Waals surface area contributed by atoms with E-state index in [2.05, 4.69) is 143 Å². The van der Waals surface area contributed by atoms with E-state index in [9.17, 15) is 48.3 Å². The number of carbonyl (C=O) groups excluding carboxylic acids is 9. The summed E-state index contributed by atoms with van der Waals surface area (Å²) in [6.45, 7) is 26.1. The van der Waals surface area contributed by atoms with E-state index in [0.29, 0.717) is 63.7 Å². The molecular formula is C69H127N15O10. The summed E-state index contributed by atoms with van der Waals surface area (Å²) in [6.07, 6.45) is 21.6. The average molecular weight is 1330 g/mol. The quantitative estimate of drug-likeness (QED) is 0.0255. The maximum Gasteiger partial charge on any atom is 0.242 e. The van der Waals surface area contributed by atoms with Gasteiger partial charge in [-0.25, -0.2) is 0 Å². The fourth-order valence-corrected chi connectivity index (χ4v) is 7.63. The van der Waals surface area contributed by atoms with E-state index in [1.54, 1.807) is 37.4 Å². The normalized spacial score (nSPS) is 11.8. The van der Waals surface area contributed by atoms with Crippen molar-refractivity contribution < 1.29 is 48.3 Å². The van der Waals surface area contributed by atoms with Crippen LogP contribution in [0, 0.1) is 11.3 Å². The number of phenolic OH excluding ortho intramolecular Hbond substituents is 1. The van der Waals surface area contributed by atoms with Gasteiger partial charge in [0.2, 0.25) is 35.9 Å². The molecule has 2 aromatic rings. The molecule has 0 bridgehead atoms. The summed E-state index contributed by atoms with van der Waals surface area (Å²) in [7, 11) is 4.89. The van der Waals surface area contributed by atoms with Crippen LogP contribution in [-0.2, 0) is 62.4 Å². The number of benzene rings is 2. The van der Waals surface area contributed by atoms with Crippen LogP contribution in [0.4, 0.5) is 0 Å². The van der Waals surface area contributed by atoms with Gasteiger partial charge in [0.05, 0.1) is 31.7 Å². The molecule has 0 saturated carbocycles. The molecule has 0 fully saturated rings. The second-order valence-corrected chi connectivity index (χ2v) is 20.8. The number of nitrogens with two attached hydrogens (primary N) is 4. The van der Waals surface area contributed by atoms with Crippen molar-refractivity contribution in [2.45, 2.75) is 215 Å². The summed E-state index contributed by atoms with van der Waals surface area (Å²) < 4.78 is 0. The fraction of sp³-hybridized carbons (Fsp3) is 0.623. The second-order valence-electron chi connectivity index (χ2n) is 20.8. The van der Waals surface area contributed by atoms with Crippen LogP contribution in [0.25, 0.3) is 6.08 Å². The van der Waals surface area contributed by atoms with Gasteiger partial charge in [-0.1, -0.05) is 143 Å². The largest absolute Gasteiger partial charge is 0.508 e. The van der Waals surface area contributed by atoms with Crippen LogP contribution in [0.2, 0.25) is 0 Å². The maximum atomic E-state index is 13.0. The van der Waals surface area contributed by atoms with Gasteiger partial charge in [0.25, 0.3) is 0 Å². The number of likely N-dealkylation sites (N-methyl/N-ethyl adjacent to an activating group) is 2. The van der Waals surface area contributed by atoms with Gasteiger partial charge >= 0.3 is 0 Å². The molecule has 538 valence electrons. The standard InChI is InChI=1S/C25H40N6O6.C15H17NO.C12H23N3O3.C6H15N.C4H10.C2H5N3.2C2H6.CH5N/c1-17(15-18-6-8-19(33)9-7-18)29-25(37)20(5-3-4-12-26)30-22(34)11-10-21(24(36)28-13-14-32)31-23(35)16-27-2;1-16-15(11-17)10-12-7-8-13-5-3-2-4-6-14(13)9-12;1-10(2)13-6-4-3-5-11(15-9-17)12(18)14-7-8-16;1-3-5-6-7-4-2;1-3-4-2;3-1-2(4)5;3*1-2/h6-9,14,17,20-21,27,33H,3-5,10-13,15-16,26H2,1-2H3,(H,28,36)(H,29,37)(H,30,34)(H,31,35);2-5,7-9,11,15-16H,6,10H2,1H3;8-11,13H,3-7H2,1-2H3,(H,14,18)(H,15,17);7H,3-6H2,1-2H3;3-4H2,1-2H3;2H,4-5H2;2*1-2H3;2H2,1H3. The molecule has 0 aliphatic heterocycles. The number of unbranched alkanes of at least 4 members (excludes halogenated alkanes) is 4. The Kier molecular flexibility index (Phi) is 76.1. The van der Waals surface area contributed by atoms with E-state index in [4.69, 9.17) is 22.5 Å². The minimum atomic E-state index is -1.01. The zero-order valence-corrected chi connectivity index (χ0v) is 59.6. The Morgan fingerprint density at radius 3 is 1.72 bits per heavy atom. The van der Waals surface area contributed by atoms with Gasteiger partial charge in [-0.15, -0.1) is 0 Å². The topological polar surface area (TPSA) is 422 Å². The number of nitrogens with zero attached hydrogens (tertiary/aromatic N) is 1. The maximum absolute atomic E-state index is 13.0. The first-order chi connectivity index (χ1) is 45.2. The third-order valence-corrected chi connectivity index (χ3v) is 12.6. The fourth-order valence-electron chi connectivity index (χ4n) is 7.63. The van der Waals surface area contributed by atoms with Crippen LogP contribution in [0.3, 0.4) is 0 Å². The van der Waals surface area contributed by atoms with E-state index in [1.807, 2.05) is 41.7 Å². The third kappa shape index (κ3) is 60.9. The molecule has 1 aliphatic carbocycles. The first-order valence-electron chi connectivity index (χ1n) is 33.4. The highest BCUT2D eigenvalue weighted by atomic mass is 16.3. The smallest absolute Gasteiger partial charge is 0.242 e. The summed E-state index contributed by atoms with van der Waals surface area (Å²) in [6, 6.07) is 12.5. The lowest BCUT2D eigenvalue weighted by atomic mass is 9.98. The van der Waals surface area contributed by atoms with Crippen molar-refractivity contribution in [2.24, 2.45) is 22.9 Å². The molecule has 3 rings (SSSR count). The average Bonchev–Trinajstić information content (AvgIpc) is 1.61. The molecule has 25 heteroatoms. The molecule has 5 atom stereocenters. The first-order valence-corrected chi connectivity index (χ1v) is 33.4. The number of amides is 6. The van der Waals surface area contributed by atoms with Crippen molar-refractivity contribution in [3.05, 3.63) is 82.9 Å². The highest BCUT2D eigenvalue weighted by Gasteiger charge is 2.25. The summed E-state index contributed by atoms with van der Waals surface area (Å²) in [5.74, 6) is -1.95. The monoisotopic (exact) mass is 1330 g/mol. The van der Waals surface area contributed by atoms with Gasteiger partial charge in [0.15, 0.2) is 0 Å². The summed E-state index contributed by atoms with van der Waals surface area (Å²) in [5.41, 5.74) is 24.2. The number of hydrogen-bond acceptors (Lipinski definition) is 19. The van der Waals surface area contributed by atoms with Crippen LogP contribution >= 0.6 is 0 Å². The number of aromatic hydroxyl groups is 1. The molecule has 0 heterocycles. The molecule has 25 nitrogen and oxygen atoms in total. The van der Waals surface area contributed by atoms with Gasteiger partial charge in [-0.2, -0.15) is 5.26 Å². The van der Waals surface area contributed by atoms with E-state index in [1.165, 1.54) is 56.0 Å². The number of carbonyl (C=O) groups is 9. The third-order valence-electron chi connectivity index (χ3n) is 12.6. The Morgan fingerprint density at radius 1 is 0.670 bits per heavy atom. The summed E-state index contributed by atoms with van der Waals surface area (Å²) in [5, 5.41) is 44.7. The van der Waals surface area contributed by atoms with E-state index in [0.717, 1.165) is 50.6 Å². The van der Waals surface area contributed by atoms with Crippen LogP contribution in [0.15, 0.2) is 60.7 Å².